The lowest BCUT2D eigenvalue weighted by atomic mass is 10.2. The Morgan fingerprint density at radius 1 is 1.25 bits per heavy atom. The molecule has 0 aliphatic carbocycles. The summed E-state index contributed by atoms with van der Waals surface area (Å²) in [7, 11) is 0. The summed E-state index contributed by atoms with van der Waals surface area (Å²) in [4.78, 5) is 0. The van der Waals surface area contributed by atoms with E-state index in [1.165, 1.54) is 19.3 Å². The van der Waals surface area contributed by atoms with Crippen molar-refractivity contribution in [2.45, 2.75) is 37.4 Å². The first kappa shape index (κ1) is 12.0. The Morgan fingerprint density at radius 2 is 2.19 bits per heavy atom. The van der Waals surface area contributed by atoms with Crippen molar-refractivity contribution in [1.82, 2.24) is 14.8 Å². The van der Waals surface area contributed by atoms with Crippen molar-refractivity contribution in [1.29, 1.82) is 0 Å². The Bertz CT molecular complexity index is 360. The molecule has 88 valence electrons. The van der Waals surface area contributed by atoms with Gasteiger partial charge < -0.3 is 4.57 Å². The van der Waals surface area contributed by atoms with E-state index in [0.29, 0.717) is 0 Å². The summed E-state index contributed by atoms with van der Waals surface area (Å²) in [5.41, 5.74) is 0. The molecule has 0 saturated carbocycles. The highest BCUT2D eigenvalue weighted by Gasteiger charge is 2.13. The van der Waals surface area contributed by atoms with Crippen LogP contribution in [-0.2, 0) is 13.0 Å². The SMILES string of the molecule is SCC=CCSc1nnc2n1CCCCC2. The molecule has 1 aliphatic rings. The molecule has 0 spiro atoms. The zero-order chi connectivity index (χ0) is 11.2. The van der Waals surface area contributed by atoms with Crippen LogP contribution in [0.3, 0.4) is 0 Å². The molecule has 5 heteroatoms. The maximum Gasteiger partial charge on any atom is 0.191 e. The molecule has 1 aromatic rings. The average molecular weight is 255 g/mol. The summed E-state index contributed by atoms with van der Waals surface area (Å²) >= 11 is 5.89. The van der Waals surface area contributed by atoms with Gasteiger partial charge in [0, 0.05) is 24.5 Å². The highest BCUT2D eigenvalue weighted by molar-refractivity contribution is 7.99. The van der Waals surface area contributed by atoms with Crippen molar-refractivity contribution >= 4 is 24.4 Å². The summed E-state index contributed by atoms with van der Waals surface area (Å²) in [5, 5.41) is 9.60. The van der Waals surface area contributed by atoms with Crippen LogP contribution >= 0.6 is 24.4 Å². The summed E-state index contributed by atoms with van der Waals surface area (Å²) in [6.07, 6.45) is 9.10. The fourth-order valence-electron chi connectivity index (χ4n) is 1.83. The number of rotatable bonds is 4. The Balaban J connectivity index is 1.99. The lowest BCUT2D eigenvalue weighted by Gasteiger charge is -2.04. The van der Waals surface area contributed by atoms with Crippen molar-refractivity contribution in [3.05, 3.63) is 18.0 Å². The van der Waals surface area contributed by atoms with Crippen LogP contribution in [-0.4, -0.2) is 26.3 Å². The van der Waals surface area contributed by atoms with Crippen LogP contribution in [0.4, 0.5) is 0 Å². The molecule has 3 nitrogen and oxygen atoms in total. The molecule has 0 radical (unpaired) electrons. The molecule has 1 aromatic heterocycles. The van der Waals surface area contributed by atoms with Gasteiger partial charge in [0.15, 0.2) is 5.16 Å². The molecule has 2 heterocycles. The van der Waals surface area contributed by atoms with Crippen LogP contribution in [0.2, 0.25) is 0 Å². The topological polar surface area (TPSA) is 30.7 Å². The van der Waals surface area contributed by atoms with E-state index in [2.05, 4.69) is 39.5 Å². The second-order valence-electron chi connectivity index (χ2n) is 3.83. The monoisotopic (exact) mass is 255 g/mol. The normalized spacial score (nSPS) is 16.3. The predicted molar refractivity (Wildman–Crippen MR) is 71.3 cm³/mol. The smallest absolute Gasteiger partial charge is 0.191 e. The summed E-state index contributed by atoms with van der Waals surface area (Å²) in [6, 6.07) is 0. The first-order valence-electron chi connectivity index (χ1n) is 5.72. The molecule has 0 unspecified atom stereocenters. The van der Waals surface area contributed by atoms with Crippen molar-refractivity contribution in [2.75, 3.05) is 11.5 Å². The zero-order valence-electron chi connectivity index (χ0n) is 9.30. The Labute approximate surface area is 106 Å². The largest absolute Gasteiger partial charge is 0.306 e. The molecular weight excluding hydrogens is 238 g/mol. The second kappa shape index (κ2) is 6.35. The third kappa shape index (κ3) is 3.04. The molecule has 1 aliphatic heterocycles. The minimum absolute atomic E-state index is 0.804. The lowest BCUT2D eigenvalue weighted by molar-refractivity contribution is 0.591. The van der Waals surface area contributed by atoms with Gasteiger partial charge in [-0.1, -0.05) is 30.3 Å². The molecule has 0 aromatic carbocycles. The van der Waals surface area contributed by atoms with Gasteiger partial charge in [-0.3, -0.25) is 0 Å². The van der Waals surface area contributed by atoms with E-state index in [1.807, 2.05) is 0 Å². The van der Waals surface area contributed by atoms with Gasteiger partial charge in [0.1, 0.15) is 5.82 Å². The first-order chi connectivity index (χ1) is 7.92. The van der Waals surface area contributed by atoms with Crippen molar-refractivity contribution in [3.8, 4) is 0 Å². The number of aromatic nitrogens is 3. The first-order valence-corrected chi connectivity index (χ1v) is 7.34. The summed E-state index contributed by atoms with van der Waals surface area (Å²) < 4.78 is 2.28. The maximum absolute atomic E-state index is 4.27. The fourth-order valence-corrected chi connectivity index (χ4v) is 2.81. The number of thiol groups is 1. The van der Waals surface area contributed by atoms with Gasteiger partial charge in [-0.15, -0.1) is 10.2 Å². The van der Waals surface area contributed by atoms with E-state index < -0.39 is 0 Å². The molecule has 0 fully saturated rings. The minimum Gasteiger partial charge on any atom is -0.306 e. The van der Waals surface area contributed by atoms with E-state index in [-0.39, 0.29) is 0 Å². The quantitative estimate of drug-likeness (QED) is 0.509. The highest BCUT2D eigenvalue weighted by atomic mass is 32.2. The van der Waals surface area contributed by atoms with Gasteiger partial charge in [-0.05, 0) is 12.8 Å². The predicted octanol–water partition coefficient (Wildman–Crippen LogP) is 2.58. The van der Waals surface area contributed by atoms with Crippen molar-refractivity contribution in [2.24, 2.45) is 0 Å². The minimum atomic E-state index is 0.804. The molecular formula is C11H17N3S2. The van der Waals surface area contributed by atoms with Gasteiger partial charge in [0.2, 0.25) is 0 Å². The molecule has 0 saturated heterocycles. The number of fused-ring (bicyclic) bond motifs is 1. The third-order valence-corrected chi connectivity index (χ3v) is 3.79. The van der Waals surface area contributed by atoms with Crippen LogP contribution in [0.5, 0.6) is 0 Å². The lowest BCUT2D eigenvalue weighted by Crippen LogP contribution is -2.02. The van der Waals surface area contributed by atoms with Crippen LogP contribution in [0.25, 0.3) is 0 Å². The van der Waals surface area contributed by atoms with Gasteiger partial charge in [-0.25, -0.2) is 0 Å². The van der Waals surface area contributed by atoms with Crippen molar-refractivity contribution < 1.29 is 0 Å². The summed E-state index contributed by atoms with van der Waals surface area (Å²) in [6.45, 7) is 1.08. The number of thioether (sulfide) groups is 1. The maximum atomic E-state index is 4.27. The number of nitrogens with zero attached hydrogens (tertiary/aromatic N) is 3. The zero-order valence-corrected chi connectivity index (χ0v) is 11.0. The number of hydrogen-bond acceptors (Lipinski definition) is 4. The van der Waals surface area contributed by atoms with Crippen LogP contribution in [0, 0.1) is 0 Å². The van der Waals surface area contributed by atoms with E-state index in [0.717, 1.165) is 35.5 Å². The molecule has 0 atom stereocenters. The average Bonchev–Trinajstić information content (AvgIpc) is 2.54. The molecule has 16 heavy (non-hydrogen) atoms. The highest BCUT2D eigenvalue weighted by Crippen LogP contribution is 2.21. The molecule has 0 N–H and O–H groups in total. The molecule has 0 amide bonds. The van der Waals surface area contributed by atoms with Gasteiger partial charge >= 0.3 is 0 Å². The van der Waals surface area contributed by atoms with E-state index in [4.69, 9.17) is 0 Å². The molecule has 0 bridgehead atoms. The van der Waals surface area contributed by atoms with Crippen LogP contribution < -0.4 is 0 Å². The Morgan fingerprint density at radius 3 is 3.06 bits per heavy atom. The number of aryl methyl sites for hydroxylation is 1. The van der Waals surface area contributed by atoms with Crippen molar-refractivity contribution in [3.63, 3.8) is 0 Å². The third-order valence-electron chi connectivity index (χ3n) is 2.66. The van der Waals surface area contributed by atoms with E-state index in [1.54, 1.807) is 11.8 Å². The van der Waals surface area contributed by atoms with Crippen LogP contribution in [0.1, 0.15) is 25.1 Å². The van der Waals surface area contributed by atoms with Gasteiger partial charge in [0.25, 0.3) is 0 Å². The van der Waals surface area contributed by atoms with Crippen LogP contribution in [0.15, 0.2) is 17.3 Å². The van der Waals surface area contributed by atoms with E-state index >= 15 is 0 Å². The molecule has 2 rings (SSSR count). The summed E-state index contributed by atoms with van der Waals surface area (Å²) in [5.74, 6) is 2.93. The Kier molecular flexibility index (Phi) is 4.78. The van der Waals surface area contributed by atoms with Gasteiger partial charge in [-0.2, -0.15) is 12.6 Å². The second-order valence-corrected chi connectivity index (χ2v) is 5.18. The standard InChI is InChI=1S/C11H17N3S2/c15-8-4-5-9-16-11-13-12-10-6-2-1-3-7-14(10)11/h4-5,15H,1-3,6-9H2. The number of hydrogen-bond donors (Lipinski definition) is 1. The fraction of sp³-hybridized carbons (Fsp3) is 0.636. The van der Waals surface area contributed by atoms with E-state index in [9.17, 15) is 0 Å². The van der Waals surface area contributed by atoms with Gasteiger partial charge in [0.05, 0.1) is 0 Å². The Hall–Kier alpha value is -0.420.